The van der Waals surface area contributed by atoms with E-state index in [0.29, 0.717) is 18.4 Å². The first-order chi connectivity index (χ1) is 10.9. The van der Waals surface area contributed by atoms with Gasteiger partial charge in [0.1, 0.15) is 6.04 Å². The molecule has 2 unspecified atom stereocenters. The van der Waals surface area contributed by atoms with Crippen LogP contribution in [0.2, 0.25) is 0 Å². The summed E-state index contributed by atoms with van der Waals surface area (Å²) in [5, 5.41) is 2.64. The predicted octanol–water partition coefficient (Wildman–Crippen LogP) is 1.05. The normalized spacial score (nSPS) is 18.6. The topological polar surface area (TPSA) is 78.4 Å². The van der Waals surface area contributed by atoms with E-state index in [2.05, 4.69) is 31.2 Å². The average molecular weight is 384 g/mol. The summed E-state index contributed by atoms with van der Waals surface area (Å²) in [6, 6.07) is -0.473. The van der Waals surface area contributed by atoms with Crippen molar-refractivity contribution < 1.29 is 9.59 Å². The quantitative estimate of drug-likeness (QED) is 0.821. The first-order valence-electron chi connectivity index (χ1n) is 7.61. The summed E-state index contributed by atoms with van der Waals surface area (Å²) in [5.74, 6) is 0.837. The van der Waals surface area contributed by atoms with Crippen molar-refractivity contribution in [3.63, 3.8) is 0 Å². The lowest BCUT2D eigenvalue weighted by molar-refractivity contribution is -0.134. The van der Waals surface area contributed by atoms with Crippen molar-refractivity contribution in [2.24, 2.45) is 5.92 Å². The van der Waals surface area contributed by atoms with Crippen LogP contribution >= 0.6 is 15.9 Å². The molecule has 0 radical (unpaired) electrons. The van der Waals surface area contributed by atoms with Gasteiger partial charge >= 0.3 is 0 Å². The predicted molar refractivity (Wildman–Crippen MR) is 91.0 cm³/mol. The Hall–Kier alpha value is -1.70. The number of hydrogen-bond acceptors (Lipinski definition) is 5. The maximum absolute atomic E-state index is 12.3. The average Bonchev–Trinajstić information content (AvgIpc) is 2.94. The van der Waals surface area contributed by atoms with Crippen LogP contribution < -0.4 is 10.2 Å². The van der Waals surface area contributed by atoms with Crippen LogP contribution in [0.1, 0.15) is 20.3 Å². The van der Waals surface area contributed by atoms with Gasteiger partial charge in [-0.3, -0.25) is 9.59 Å². The minimum atomic E-state index is -0.473. The van der Waals surface area contributed by atoms with Crippen LogP contribution in [0, 0.1) is 5.92 Å². The fourth-order valence-electron chi connectivity index (χ4n) is 2.79. The summed E-state index contributed by atoms with van der Waals surface area (Å²) in [5.41, 5.74) is 0. The molecule has 8 heteroatoms. The third-order valence-electron chi connectivity index (χ3n) is 3.87. The number of carbonyl (C=O) groups is 2. The van der Waals surface area contributed by atoms with E-state index in [9.17, 15) is 9.59 Å². The molecule has 7 nitrogen and oxygen atoms in total. The van der Waals surface area contributed by atoms with Crippen LogP contribution in [0.25, 0.3) is 0 Å². The van der Waals surface area contributed by atoms with Crippen LogP contribution in [-0.2, 0) is 9.59 Å². The second-order valence-electron chi connectivity index (χ2n) is 5.94. The summed E-state index contributed by atoms with van der Waals surface area (Å²) in [7, 11) is 1.95. The van der Waals surface area contributed by atoms with Gasteiger partial charge in [-0.1, -0.05) is 0 Å². The van der Waals surface area contributed by atoms with Gasteiger partial charge in [-0.25, -0.2) is 9.97 Å². The molecule has 1 N–H and O–H groups in total. The van der Waals surface area contributed by atoms with E-state index in [1.54, 1.807) is 19.3 Å². The largest absolute Gasteiger partial charge is 0.345 e. The Balaban J connectivity index is 1.86. The molecule has 2 rings (SSSR count). The Morgan fingerprint density at radius 1 is 1.48 bits per heavy atom. The maximum Gasteiger partial charge on any atom is 0.244 e. The Labute approximate surface area is 144 Å². The summed E-state index contributed by atoms with van der Waals surface area (Å²) in [4.78, 5) is 35.7. The molecular weight excluding hydrogens is 362 g/mol. The van der Waals surface area contributed by atoms with Gasteiger partial charge in [0.15, 0.2) is 0 Å². The second kappa shape index (κ2) is 7.72. The van der Waals surface area contributed by atoms with Crippen molar-refractivity contribution >= 4 is 33.7 Å². The molecule has 1 aromatic heterocycles. The Bertz CT molecular complexity index is 565. The Morgan fingerprint density at radius 3 is 2.74 bits per heavy atom. The molecule has 0 saturated carbocycles. The van der Waals surface area contributed by atoms with Crippen molar-refractivity contribution in [3.8, 4) is 0 Å². The van der Waals surface area contributed by atoms with Crippen LogP contribution in [0.3, 0.4) is 0 Å². The minimum Gasteiger partial charge on any atom is -0.345 e. The molecule has 0 bridgehead atoms. The number of carbonyl (C=O) groups excluding carboxylic acids is 2. The van der Waals surface area contributed by atoms with Gasteiger partial charge in [-0.05, 0) is 35.2 Å². The maximum atomic E-state index is 12.3. The number of amides is 2. The molecule has 2 heterocycles. The molecule has 1 fully saturated rings. The van der Waals surface area contributed by atoms with Gasteiger partial charge in [0, 0.05) is 46.0 Å². The van der Waals surface area contributed by atoms with Gasteiger partial charge in [0.2, 0.25) is 17.8 Å². The van der Waals surface area contributed by atoms with Gasteiger partial charge in [-0.2, -0.15) is 0 Å². The fraction of sp³-hybridized carbons (Fsp3) is 0.600. The summed E-state index contributed by atoms with van der Waals surface area (Å²) in [6.07, 6.45) is 4.39. The third kappa shape index (κ3) is 4.89. The lowest BCUT2D eigenvalue weighted by Crippen LogP contribution is -2.45. The highest BCUT2D eigenvalue weighted by molar-refractivity contribution is 9.10. The van der Waals surface area contributed by atoms with Gasteiger partial charge in [-0.15, -0.1) is 0 Å². The molecule has 1 aliphatic rings. The molecule has 23 heavy (non-hydrogen) atoms. The fourth-order valence-corrected chi connectivity index (χ4v) is 3.00. The van der Waals surface area contributed by atoms with E-state index < -0.39 is 6.04 Å². The minimum absolute atomic E-state index is 0.0229. The van der Waals surface area contributed by atoms with Crippen LogP contribution in [0.4, 0.5) is 5.95 Å². The highest BCUT2D eigenvalue weighted by atomic mass is 79.9. The highest BCUT2D eigenvalue weighted by Gasteiger charge is 2.30. The van der Waals surface area contributed by atoms with Gasteiger partial charge in [0.05, 0.1) is 4.47 Å². The number of nitrogens with zero attached hydrogens (tertiary/aromatic N) is 4. The van der Waals surface area contributed by atoms with E-state index in [4.69, 9.17) is 0 Å². The first-order valence-corrected chi connectivity index (χ1v) is 8.40. The number of nitrogens with one attached hydrogen (secondary N) is 1. The second-order valence-corrected chi connectivity index (χ2v) is 6.86. The summed E-state index contributed by atoms with van der Waals surface area (Å²) >= 11 is 3.32. The number of anilines is 1. The Kier molecular flexibility index (Phi) is 5.92. The van der Waals surface area contributed by atoms with Crippen LogP contribution in [0.15, 0.2) is 16.9 Å². The zero-order valence-electron chi connectivity index (χ0n) is 13.6. The number of halogens is 1. The highest BCUT2D eigenvalue weighted by Crippen LogP contribution is 2.20. The molecule has 126 valence electrons. The van der Waals surface area contributed by atoms with E-state index in [0.717, 1.165) is 24.0 Å². The van der Waals surface area contributed by atoms with Crippen LogP contribution in [0.5, 0.6) is 0 Å². The number of hydrogen-bond donors (Lipinski definition) is 1. The molecule has 1 aromatic rings. The van der Waals surface area contributed by atoms with Crippen molar-refractivity contribution in [1.82, 2.24) is 20.2 Å². The van der Waals surface area contributed by atoms with Gasteiger partial charge < -0.3 is 15.1 Å². The molecule has 2 atom stereocenters. The first kappa shape index (κ1) is 17.7. The zero-order chi connectivity index (χ0) is 17.0. The SMILES string of the molecule is CC(=O)NC(C)C(=O)N1CCC(CN(C)c2ncc(Br)cn2)C1. The molecule has 0 aliphatic carbocycles. The monoisotopic (exact) mass is 383 g/mol. The van der Waals surface area contributed by atoms with Crippen molar-refractivity contribution in [2.75, 3.05) is 31.6 Å². The standard InChI is InChI=1S/C15H22BrN5O2/c1-10(19-11(2)22)14(23)21-5-4-12(9-21)8-20(3)15-17-6-13(16)7-18-15/h6-7,10,12H,4-5,8-9H2,1-3H3,(H,19,22). The van der Waals surface area contributed by atoms with E-state index in [1.165, 1.54) is 6.92 Å². The summed E-state index contributed by atoms with van der Waals surface area (Å²) < 4.78 is 0.847. The van der Waals surface area contributed by atoms with E-state index in [-0.39, 0.29) is 11.8 Å². The van der Waals surface area contributed by atoms with Crippen molar-refractivity contribution in [1.29, 1.82) is 0 Å². The number of rotatable bonds is 5. The van der Waals surface area contributed by atoms with Crippen LogP contribution in [-0.4, -0.2) is 59.4 Å². The molecule has 1 saturated heterocycles. The third-order valence-corrected chi connectivity index (χ3v) is 4.28. The summed E-state index contributed by atoms with van der Waals surface area (Å²) in [6.45, 7) is 5.36. The smallest absolute Gasteiger partial charge is 0.244 e. The molecule has 1 aliphatic heterocycles. The Morgan fingerprint density at radius 2 is 2.13 bits per heavy atom. The van der Waals surface area contributed by atoms with Gasteiger partial charge in [0.25, 0.3) is 0 Å². The van der Waals surface area contributed by atoms with Crippen molar-refractivity contribution in [2.45, 2.75) is 26.3 Å². The zero-order valence-corrected chi connectivity index (χ0v) is 15.2. The number of likely N-dealkylation sites (tertiary alicyclic amines) is 1. The lowest BCUT2D eigenvalue weighted by atomic mass is 10.1. The molecular formula is C15H22BrN5O2. The lowest BCUT2D eigenvalue weighted by Gasteiger charge is -2.23. The van der Waals surface area contributed by atoms with E-state index in [1.807, 2.05) is 16.8 Å². The molecule has 0 spiro atoms. The molecule has 2 amide bonds. The van der Waals surface area contributed by atoms with E-state index >= 15 is 0 Å². The molecule has 0 aromatic carbocycles. The van der Waals surface area contributed by atoms with Crippen molar-refractivity contribution in [3.05, 3.63) is 16.9 Å². The number of aromatic nitrogens is 2.